The molecule has 1 fully saturated rings. The lowest BCUT2D eigenvalue weighted by Gasteiger charge is -2.14. The first-order valence-electron chi connectivity index (χ1n) is 12.8. The van der Waals surface area contributed by atoms with Crippen molar-refractivity contribution in [3.05, 3.63) is 85.1 Å². The van der Waals surface area contributed by atoms with Gasteiger partial charge in [-0.3, -0.25) is 14.1 Å². The van der Waals surface area contributed by atoms with Crippen LogP contribution in [-0.4, -0.2) is 55.0 Å². The van der Waals surface area contributed by atoms with Crippen molar-refractivity contribution < 1.29 is 9.53 Å². The van der Waals surface area contributed by atoms with Crippen LogP contribution in [0.2, 0.25) is 0 Å². The second-order valence-corrected chi connectivity index (χ2v) is 9.66. The summed E-state index contributed by atoms with van der Waals surface area (Å²) >= 11 is 0. The molecule has 1 aliphatic heterocycles. The Bertz CT molecular complexity index is 1700. The summed E-state index contributed by atoms with van der Waals surface area (Å²) in [5.74, 6) is 1.90. The molecule has 1 saturated heterocycles. The van der Waals surface area contributed by atoms with Gasteiger partial charge in [0, 0.05) is 41.1 Å². The summed E-state index contributed by atoms with van der Waals surface area (Å²) in [5.41, 5.74) is 3.97. The van der Waals surface area contributed by atoms with E-state index in [4.69, 9.17) is 4.74 Å². The first-order chi connectivity index (χ1) is 19.0. The van der Waals surface area contributed by atoms with Gasteiger partial charge in [0.2, 0.25) is 5.91 Å². The van der Waals surface area contributed by atoms with Crippen molar-refractivity contribution in [3.63, 3.8) is 0 Å². The lowest BCUT2D eigenvalue weighted by molar-refractivity contribution is -0.111. The number of hydrogen-bond donors (Lipinski definition) is 2. The van der Waals surface area contributed by atoms with Crippen LogP contribution in [0.25, 0.3) is 16.6 Å². The number of fused-ring (bicyclic) bond motifs is 2. The fourth-order valence-electron chi connectivity index (χ4n) is 4.76. The molecule has 0 bridgehead atoms. The van der Waals surface area contributed by atoms with Gasteiger partial charge in [-0.05, 0) is 81.4 Å². The number of aryl methyl sites for hydroxylation is 1. The van der Waals surface area contributed by atoms with E-state index in [0.717, 1.165) is 47.3 Å². The van der Waals surface area contributed by atoms with Crippen LogP contribution in [0.1, 0.15) is 18.4 Å². The van der Waals surface area contributed by atoms with Gasteiger partial charge in [0.1, 0.15) is 30.0 Å². The summed E-state index contributed by atoms with van der Waals surface area (Å²) in [7, 11) is 2.08. The third kappa shape index (κ3) is 5.41. The molecule has 196 valence electrons. The molecule has 6 rings (SSSR count). The lowest BCUT2D eigenvalue weighted by Crippen LogP contribution is -2.23. The number of rotatable bonds is 7. The summed E-state index contributed by atoms with van der Waals surface area (Å²) in [6.07, 6.45) is 10.9. The number of anilines is 3. The van der Waals surface area contributed by atoms with Crippen LogP contribution in [0.5, 0.6) is 11.5 Å². The van der Waals surface area contributed by atoms with E-state index in [0.29, 0.717) is 28.9 Å². The number of amides is 1. The van der Waals surface area contributed by atoms with E-state index in [2.05, 4.69) is 42.7 Å². The van der Waals surface area contributed by atoms with Gasteiger partial charge < -0.3 is 15.4 Å². The van der Waals surface area contributed by atoms with Gasteiger partial charge in [0.25, 0.3) is 0 Å². The summed E-state index contributed by atoms with van der Waals surface area (Å²) in [6.45, 7) is 3.05. The smallest absolute Gasteiger partial charge is 0.248 e. The standard InChI is InChI=1S/C29H28N8O2/c1-19-14-20(6-9-26(19)39-23-11-13-37-18-32-35-27(37)16-23)34-29-24-15-21(5-8-25(24)30-17-31-29)33-28(38)10-7-22-4-3-12-36(22)2/h5-11,13-18,22H,3-4,12H2,1-2H3,(H,33,38)(H,30,31,34)/b10-7+/t22-/m1/s1. The minimum Gasteiger partial charge on any atom is -0.457 e. The van der Waals surface area contributed by atoms with Crippen LogP contribution in [0.4, 0.5) is 17.2 Å². The number of ether oxygens (including phenoxy) is 1. The highest BCUT2D eigenvalue weighted by Gasteiger charge is 2.18. The molecular formula is C29H28N8O2. The molecule has 0 spiro atoms. The van der Waals surface area contributed by atoms with Crippen molar-refractivity contribution in [2.75, 3.05) is 24.2 Å². The second-order valence-electron chi connectivity index (χ2n) is 9.66. The van der Waals surface area contributed by atoms with E-state index < -0.39 is 0 Å². The number of hydrogen-bond acceptors (Lipinski definition) is 8. The Hall–Kier alpha value is -4.83. The van der Waals surface area contributed by atoms with Gasteiger partial charge in [-0.15, -0.1) is 10.2 Å². The van der Waals surface area contributed by atoms with Crippen LogP contribution in [0.15, 0.2) is 79.5 Å². The highest BCUT2D eigenvalue weighted by molar-refractivity contribution is 6.02. The molecule has 0 aliphatic carbocycles. The Morgan fingerprint density at radius 2 is 2.00 bits per heavy atom. The first-order valence-corrected chi connectivity index (χ1v) is 12.8. The molecule has 2 N–H and O–H groups in total. The zero-order valence-electron chi connectivity index (χ0n) is 21.7. The van der Waals surface area contributed by atoms with E-state index in [1.54, 1.807) is 12.4 Å². The van der Waals surface area contributed by atoms with Gasteiger partial charge in [-0.2, -0.15) is 0 Å². The Morgan fingerprint density at radius 1 is 1.10 bits per heavy atom. The van der Waals surface area contributed by atoms with Crippen molar-refractivity contribution in [1.29, 1.82) is 0 Å². The normalized spacial score (nSPS) is 15.8. The molecule has 10 nitrogen and oxygen atoms in total. The molecule has 1 amide bonds. The molecule has 0 radical (unpaired) electrons. The topological polar surface area (TPSA) is 110 Å². The van der Waals surface area contributed by atoms with Gasteiger partial charge in [-0.1, -0.05) is 6.08 Å². The average molecular weight is 521 g/mol. The number of likely N-dealkylation sites (N-methyl/N-ethyl adjacent to an activating group) is 1. The number of likely N-dealkylation sites (tertiary alicyclic amines) is 1. The number of pyridine rings is 1. The molecule has 0 unspecified atom stereocenters. The minimum absolute atomic E-state index is 0.157. The number of carbonyl (C=O) groups excluding carboxylic acids is 1. The van der Waals surface area contributed by atoms with Crippen molar-refractivity contribution in [3.8, 4) is 11.5 Å². The van der Waals surface area contributed by atoms with Gasteiger partial charge >= 0.3 is 0 Å². The van der Waals surface area contributed by atoms with Gasteiger partial charge in [-0.25, -0.2) is 9.97 Å². The first kappa shape index (κ1) is 24.5. The molecule has 1 atom stereocenters. The quantitative estimate of drug-likeness (QED) is 0.285. The molecule has 5 aromatic rings. The van der Waals surface area contributed by atoms with Crippen LogP contribution < -0.4 is 15.4 Å². The Morgan fingerprint density at radius 3 is 2.85 bits per heavy atom. The Labute approximate surface area is 225 Å². The second kappa shape index (κ2) is 10.5. The van der Waals surface area contributed by atoms with Crippen molar-refractivity contribution in [1.82, 2.24) is 29.5 Å². The van der Waals surface area contributed by atoms with Crippen LogP contribution in [0, 0.1) is 6.92 Å². The molecule has 39 heavy (non-hydrogen) atoms. The van der Waals surface area contributed by atoms with Crippen LogP contribution >= 0.6 is 0 Å². The Balaban J connectivity index is 1.18. The maximum atomic E-state index is 12.6. The highest BCUT2D eigenvalue weighted by atomic mass is 16.5. The number of carbonyl (C=O) groups is 1. The molecule has 2 aromatic carbocycles. The average Bonchev–Trinajstić information content (AvgIpc) is 3.57. The van der Waals surface area contributed by atoms with Crippen molar-refractivity contribution >= 4 is 39.6 Å². The maximum absolute atomic E-state index is 12.6. The fourth-order valence-corrected chi connectivity index (χ4v) is 4.76. The van der Waals surface area contributed by atoms with Gasteiger partial charge in [0.15, 0.2) is 5.65 Å². The number of aromatic nitrogens is 5. The maximum Gasteiger partial charge on any atom is 0.248 e. The van der Waals surface area contributed by atoms with Gasteiger partial charge in [0.05, 0.1) is 5.52 Å². The van der Waals surface area contributed by atoms with Crippen molar-refractivity contribution in [2.45, 2.75) is 25.8 Å². The van der Waals surface area contributed by atoms with E-state index in [1.807, 2.05) is 72.1 Å². The zero-order valence-corrected chi connectivity index (χ0v) is 21.7. The minimum atomic E-state index is -0.157. The predicted molar refractivity (Wildman–Crippen MR) is 150 cm³/mol. The van der Waals surface area contributed by atoms with E-state index in [9.17, 15) is 4.79 Å². The summed E-state index contributed by atoms with van der Waals surface area (Å²) in [4.78, 5) is 23.7. The molecule has 0 saturated carbocycles. The van der Waals surface area contributed by atoms with Crippen molar-refractivity contribution in [2.24, 2.45) is 0 Å². The predicted octanol–water partition coefficient (Wildman–Crippen LogP) is 5.11. The zero-order chi connectivity index (χ0) is 26.8. The fraction of sp³-hybridized carbons (Fsp3) is 0.207. The third-order valence-corrected chi connectivity index (χ3v) is 6.89. The van der Waals surface area contributed by atoms with Crippen LogP contribution in [0.3, 0.4) is 0 Å². The summed E-state index contributed by atoms with van der Waals surface area (Å²) < 4.78 is 7.91. The third-order valence-electron chi connectivity index (χ3n) is 6.89. The Kier molecular flexibility index (Phi) is 6.60. The summed E-state index contributed by atoms with van der Waals surface area (Å²) in [6, 6.07) is 15.5. The van der Waals surface area contributed by atoms with E-state index >= 15 is 0 Å². The van der Waals surface area contributed by atoms with E-state index in [-0.39, 0.29) is 5.91 Å². The number of benzene rings is 2. The molecule has 1 aliphatic rings. The van der Waals surface area contributed by atoms with Crippen LogP contribution in [-0.2, 0) is 4.79 Å². The number of nitrogens with one attached hydrogen (secondary N) is 2. The molecule has 3 aromatic heterocycles. The lowest BCUT2D eigenvalue weighted by atomic mass is 10.1. The molecule has 4 heterocycles. The highest BCUT2D eigenvalue weighted by Crippen LogP contribution is 2.31. The largest absolute Gasteiger partial charge is 0.457 e. The molecule has 10 heteroatoms. The van der Waals surface area contributed by atoms with E-state index in [1.165, 1.54) is 6.33 Å². The molecular weight excluding hydrogens is 492 g/mol. The summed E-state index contributed by atoms with van der Waals surface area (Å²) in [5, 5.41) is 15.1. The SMILES string of the molecule is Cc1cc(Nc2ncnc3ccc(NC(=O)/C=C/[C@H]4CCCN4C)cc23)ccc1Oc1ccn2cnnc2c1. The monoisotopic (exact) mass is 520 g/mol. The number of nitrogens with zero attached hydrogens (tertiary/aromatic N) is 6.